The van der Waals surface area contributed by atoms with Gasteiger partial charge in [0.2, 0.25) is 10.0 Å². The number of hydrogen-bond acceptors (Lipinski definition) is 3. The number of nitrogens with one attached hydrogen (secondary N) is 1. The molecule has 1 aromatic rings. The van der Waals surface area contributed by atoms with E-state index in [4.69, 9.17) is 0 Å². The number of benzene rings is 1. The fourth-order valence-electron chi connectivity index (χ4n) is 2.33. The van der Waals surface area contributed by atoms with Crippen molar-refractivity contribution in [3.05, 3.63) is 34.3 Å². The summed E-state index contributed by atoms with van der Waals surface area (Å²) in [6, 6.07) is 7.51. The molecule has 0 radical (unpaired) electrons. The van der Waals surface area contributed by atoms with Crippen LogP contribution in [0.1, 0.15) is 18.5 Å². The molecule has 1 unspecified atom stereocenters. The lowest BCUT2D eigenvalue weighted by Crippen LogP contribution is -2.53. The molecule has 1 atom stereocenters. The maximum Gasteiger partial charge on any atom is 0.317 e. The highest BCUT2D eigenvalue weighted by atomic mass is 79.9. The molecule has 1 aliphatic rings. The average Bonchev–Trinajstić information content (AvgIpc) is 2.47. The fraction of sp³-hybridized carbons (Fsp3) is 0.500. The first kappa shape index (κ1) is 17.2. The van der Waals surface area contributed by atoms with Crippen LogP contribution in [0.4, 0.5) is 4.79 Å². The molecule has 1 fully saturated rings. The smallest absolute Gasteiger partial charge is 0.317 e. The van der Waals surface area contributed by atoms with Crippen LogP contribution >= 0.6 is 15.9 Å². The van der Waals surface area contributed by atoms with Gasteiger partial charge in [-0.2, -0.15) is 4.31 Å². The molecule has 0 aromatic heterocycles. The van der Waals surface area contributed by atoms with E-state index >= 15 is 0 Å². The average molecular weight is 390 g/mol. The second-order valence-electron chi connectivity index (χ2n) is 5.37. The Hall–Kier alpha value is -1.12. The zero-order chi connectivity index (χ0) is 16.3. The molecule has 0 aliphatic carbocycles. The number of rotatable bonds is 3. The molecular weight excluding hydrogens is 370 g/mol. The standard InChI is InChI=1S/C14H20BrN3O3S/c1-11(12-3-5-13(15)6-4-12)16-14(19)17-7-9-18(10-8-17)22(2,20)21/h3-6,11H,7-10H2,1-2H3,(H,16,19). The summed E-state index contributed by atoms with van der Waals surface area (Å²) in [5.74, 6) is 0. The molecule has 1 saturated heterocycles. The van der Waals surface area contributed by atoms with Gasteiger partial charge in [0.15, 0.2) is 0 Å². The second-order valence-corrected chi connectivity index (χ2v) is 8.27. The van der Waals surface area contributed by atoms with Gasteiger partial charge in [0.25, 0.3) is 0 Å². The number of carbonyl (C=O) groups excluding carboxylic acids is 1. The predicted octanol–water partition coefficient (Wildman–Crippen LogP) is 1.80. The molecule has 2 amide bonds. The summed E-state index contributed by atoms with van der Waals surface area (Å²) in [7, 11) is -3.17. The van der Waals surface area contributed by atoms with Gasteiger partial charge in [-0.05, 0) is 24.6 Å². The van der Waals surface area contributed by atoms with Gasteiger partial charge in [-0.15, -0.1) is 0 Å². The molecule has 8 heteroatoms. The van der Waals surface area contributed by atoms with Crippen molar-refractivity contribution in [2.24, 2.45) is 0 Å². The van der Waals surface area contributed by atoms with Crippen LogP contribution in [0, 0.1) is 0 Å². The van der Waals surface area contributed by atoms with Crippen molar-refractivity contribution in [2.45, 2.75) is 13.0 Å². The maximum atomic E-state index is 12.2. The van der Waals surface area contributed by atoms with Crippen LogP contribution in [0.15, 0.2) is 28.7 Å². The van der Waals surface area contributed by atoms with Crippen molar-refractivity contribution in [2.75, 3.05) is 32.4 Å². The van der Waals surface area contributed by atoms with E-state index in [-0.39, 0.29) is 12.1 Å². The first-order valence-electron chi connectivity index (χ1n) is 7.03. The number of nitrogens with zero attached hydrogens (tertiary/aromatic N) is 2. The molecule has 1 aromatic carbocycles. The third-order valence-corrected chi connectivity index (χ3v) is 5.54. The Morgan fingerprint density at radius 2 is 1.73 bits per heavy atom. The van der Waals surface area contributed by atoms with E-state index in [0.29, 0.717) is 26.2 Å². The van der Waals surface area contributed by atoms with Gasteiger partial charge in [-0.3, -0.25) is 0 Å². The van der Waals surface area contributed by atoms with E-state index < -0.39 is 10.0 Å². The second kappa shape index (κ2) is 6.97. The largest absolute Gasteiger partial charge is 0.331 e. The van der Waals surface area contributed by atoms with Crippen LogP contribution in [-0.2, 0) is 10.0 Å². The van der Waals surface area contributed by atoms with Gasteiger partial charge < -0.3 is 10.2 Å². The van der Waals surface area contributed by atoms with E-state index in [1.54, 1.807) is 4.90 Å². The normalized spacial score (nSPS) is 18.0. The molecule has 1 heterocycles. The third kappa shape index (κ3) is 4.44. The van der Waals surface area contributed by atoms with Crippen LogP contribution in [-0.4, -0.2) is 56.1 Å². The van der Waals surface area contributed by atoms with Crippen molar-refractivity contribution in [1.82, 2.24) is 14.5 Å². The molecule has 1 aliphatic heterocycles. The lowest BCUT2D eigenvalue weighted by molar-refractivity contribution is 0.170. The summed E-state index contributed by atoms with van der Waals surface area (Å²) < 4.78 is 25.3. The van der Waals surface area contributed by atoms with Crippen molar-refractivity contribution in [3.63, 3.8) is 0 Å². The molecule has 0 spiro atoms. The predicted molar refractivity (Wildman–Crippen MR) is 89.1 cm³/mol. The first-order chi connectivity index (χ1) is 10.3. The summed E-state index contributed by atoms with van der Waals surface area (Å²) in [5.41, 5.74) is 1.02. The van der Waals surface area contributed by atoms with E-state index in [1.165, 1.54) is 10.6 Å². The highest BCUT2D eigenvalue weighted by molar-refractivity contribution is 9.10. The van der Waals surface area contributed by atoms with Crippen molar-refractivity contribution < 1.29 is 13.2 Å². The summed E-state index contributed by atoms with van der Waals surface area (Å²) in [6.07, 6.45) is 1.19. The first-order valence-corrected chi connectivity index (χ1v) is 9.67. The van der Waals surface area contributed by atoms with Crippen molar-refractivity contribution in [3.8, 4) is 0 Å². The zero-order valence-corrected chi connectivity index (χ0v) is 15.0. The number of urea groups is 1. The number of carbonyl (C=O) groups is 1. The number of halogens is 1. The summed E-state index contributed by atoms with van der Waals surface area (Å²) in [5, 5.41) is 2.94. The van der Waals surface area contributed by atoms with Gasteiger partial charge in [-0.25, -0.2) is 13.2 Å². The molecule has 0 saturated carbocycles. The zero-order valence-electron chi connectivity index (χ0n) is 12.6. The summed E-state index contributed by atoms with van der Waals surface area (Å²) in [6.45, 7) is 3.43. The van der Waals surface area contributed by atoms with Gasteiger partial charge in [0, 0.05) is 30.7 Å². The Labute approximate surface area is 139 Å². The minimum Gasteiger partial charge on any atom is -0.331 e. The van der Waals surface area contributed by atoms with Crippen LogP contribution in [0.25, 0.3) is 0 Å². The van der Waals surface area contributed by atoms with Crippen LogP contribution in [0.2, 0.25) is 0 Å². The van der Waals surface area contributed by atoms with Crippen LogP contribution in [0.5, 0.6) is 0 Å². The Kier molecular flexibility index (Phi) is 5.46. The van der Waals surface area contributed by atoms with Crippen LogP contribution in [0.3, 0.4) is 0 Å². The molecule has 122 valence electrons. The van der Waals surface area contributed by atoms with Crippen LogP contribution < -0.4 is 5.32 Å². The maximum absolute atomic E-state index is 12.2. The SMILES string of the molecule is CC(NC(=O)N1CCN(S(C)(=O)=O)CC1)c1ccc(Br)cc1. The number of amides is 2. The van der Waals surface area contributed by atoms with Gasteiger partial charge >= 0.3 is 6.03 Å². The third-order valence-electron chi connectivity index (χ3n) is 3.70. The van der Waals surface area contributed by atoms with Gasteiger partial charge in [0.05, 0.1) is 12.3 Å². The Morgan fingerprint density at radius 3 is 2.23 bits per heavy atom. The number of piperazine rings is 1. The Morgan fingerprint density at radius 1 is 1.18 bits per heavy atom. The molecule has 22 heavy (non-hydrogen) atoms. The monoisotopic (exact) mass is 389 g/mol. The van der Waals surface area contributed by atoms with E-state index in [2.05, 4.69) is 21.2 Å². The van der Waals surface area contributed by atoms with Crippen molar-refractivity contribution >= 4 is 32.0 Å². The number of hydrogen-bond donors (Lipinski definition) is 1. The number of sulfonamides is 1. The highest BCUT2D eigenvalue weighted by Gasteiger charge is 2.26. The summed E-state index contributed by atoms with van der Waals surface area (Å²) in [4.78, 5) is 13.9. The summed E-state index contributed by atoms with van der Waals surface area (Å²) >= 11 is 3.38. The Balaban J connectivity index is 1.89. The minimum absolute atomic E-state index is 0.103. The lowest BCUT2D eigenvalue weighted by atomic mass is 10.1. The molecular formula is C14H20BrN3O3S. The van der Waals surface area contributed by atoms with E-state index in [1.807, 2.05) is 31.2 Å². The minimum atomic E-state index is -3.17. The quantitative estimate of drug-likeness (QED) is 0.856. The topological polar surface area (TPSA) is 69.7 Å². The molecule has 1 N–H and O–H groups in total. The van der Waals surface area contributed by atoms with E-state index in [0.717, 1.165) is 10.0 Å². The molecule has 0 bridgehead atoms. The van der Waals surface area contributed by atoms with E-state index in [9.17, 15) is 13.2 Å². The van der Waals surface area contributed by atoms with Gasteiger partial charge in [-0.1, -0.05) is 28.1 Å². The highest BCUT2D eigenvalue weighted by Crippen LogP contribution is 2.17. The fourth-order valence-corrected chi connectivity index (χ4v) is 3.43. The lowest BCUT2D eigenvalue weighted by Gasteiger charge is -2.34. The molecule has 2 rings (SSSR count). The van der Waals surface area contributed by atoms with Gasteiger partial charge in [0.1, 0.15) is 0 Å². The van der Waals surface area contributed by atoms with Crippen molar-refractivity contribution in [1.29, 1.82) is 0 Å². The molecule has 6 nitrogen and oxygen atoms in total. The Bertz CT molecular complexity index is 625.